The van der Waals surface area contributed by atoms with Gasteiger partial charge in [-0.05, 0) is 40.5 Å². The Kier molecular flexibility index (Phi) is 5.98. The lowest BCUT2D eigenvalue weighted by Gasteiger charge is -2.16. The molecule has 2 aromatic heterocycles. The van der Waals surface area contributed by atoms with E-state index in [1.165, 1.54) is 17.3 Å². The van der Waals surface area contributed by atoms with E-state index >= 15 is 0 Å². The first-order valence-corrected chi connectivity index (χ1v) is 10.4. The zero-order valence-corrected chi connectivity index (χ0v) is 17.2. The highest BCUT2D eigenvalue weighted by Crippen LogP contribution is 2.24. The summed E-state index contributed by atoms with van der Waals surface area (Å²) in [5, 5.41) is 2.86. The van der Waals surface area contributed by atoms with E-state index in [9.17, 15) is 4.79 Å². The molecule has 3 rings (SSSR count). The molecule has 0 fully saturated rings. The van der Waals surface area contributed by atoms with E-state index < -0.39 is 0 Å². The quantitative estimate of drug-likeness (QED) is 0.524. The molecule has 25 heavy (non-hydrogen) atoms. The lowest BCUT2D eigenvalue weighted by Crippen LogP contribution is -2.27. The number of hydrogen-bond donors (Lipinski definition) is 0. The molecule has 0 aliphatic heterocycles. The fraction of sp³-hybridized carbons (Fsp3) is 0.222. The average molecular weight is 436 g/mol. The third-order valence-corrected chi connectivity index (χ3v) is 6.38. The number of benzene rings is 1. The molecule has 130 valence electrons. The second-order valence-corrected chi connectivity index (χ2v) is 8.49. The van der Waals surface area contributed by atoms with Gasteiger partial charge in [-0.1, -0.05) is 30.0 Å². The van der Waals surface area contributed by atoms with Gasteiger partial charge in [-0.2, -0.15) is 0 Å². The predicted molar refractivity (Wildman–Crippen MR) is 108 cm³/mol. The van der Waals surface area contributed by atoms with Crippen molar-refractivity contribution in [1.82, 2.24) is 14.5 Å². The molecule has 0 saturated carbocycles. The number of amides is 1. The normalized spacial score (nSPS) is 10.8. The minimum atomic E-state index is 0.0915. The fourth-order valence-corrected chi connectivity index (χ4v) is 4.82. The van der Waals surface area contributed by atoms with E-state index in [4.69, 9.17) is 0 Å². The zero-order valence-electron chi connectivity index (χ0n) is 14.0. The minimum Gasteiger partial charge on any atom is -0.340 e. The predicted octanol–water partition coefficient (Wildman–Crippen LogP) is 4.76. The topological polar surface area (TPSA) is 38.1 Å². The van der Waals surface area contributed by atoms with Crippen LogP contribution in [0.3, 0.4) is 0 Å². The number of thioether (sulfide) groups is 1. The van der Waals surface area contributed by atoms with Gasteiger partial charge in [0.2, 0.25) is 5.91 Å². The van der Waals surface area contributed by atoms with E-state index in [0.29, 0.717) is 12.3 Å². The third kappa shape index (κ3) is 4.54. The summed E-state index contributed by atoms with van der Waals surface area (Å²) in [6.45, 7) is 2.70. The maximum atomic E-state index is 12.4. The summed E-state index contributed by atoms with van der Waals surface area (Å²) in [4.78, 5) is 19.7. The summed E-state index contributed by atoms with van der Waals surface area (Å²) in [7, 11) is 1.84. The fourth-order valence-electron chi connectivity index (χ4n) is 2.41. The maximum absolute atomic E-state index is 12.4. The molecular formula is C18H18BrN3OS2. The van der Waals surface area contributed by atoms with Gasteiger partial charge in [0.25, 0.3) is 0 Å². The number of carbonyl (C=O) groups excluding carboxylic acids is 1. The number of hydrogen-bond acceptors (Lipinski definition) is 4. The number of thiophene rings is 1. The molecule has 2 heterocycles. The number of carbonyl (C=O) groups is 1. The van der Waals surface area contributed by atoms with Gasteiger partial charge in [0.15, 0.2) is 5.16 Å². The van der Waals surface area contributed by atoms with Crippen LogP contribution >= 0.6 is 39.0 Å². The van der Waals surface area contributed by atoms with Crippen LogP contribution in [0.4, 0.5) is 0 Å². The molecule has 0 unspecified atom stereocenters. The van der Waals surface area contributed by atoms with Crippen LogP contribution < -0.4 is 0 Å². The summed E-state index contributed by atoms with van der Waals surface area (Å²) in [5.41, 5.74) is 2.26. The Morgan fingerprint density at radius 2 is 2.20 bits per heavy atom. The smallest absolute Gasteiger partial charge is 0.233 e. The molecule has 7 heteroatoms. The van der Waals surface area contributed by atoms with Crippen molar-refractivity contribution < 1.29 is 4.79 Å². The van der Waals surface area contributed by atoms with E-state index in [1.807, 2.05) is 41.4 Å². The van der Waals surface area contributed by atoms with Crippen LogP contribution in [0.2, 0.25) is 0 Å². The van der Waals surface area contributed by atoms with E-state index in [0.717, 1.165) is 20.2 Å². The molecule has 0 N–H and O–H groups in total. The van der Waals surface area contributed by atoms with Crippen molar-refractivity contribution >= 4 is 44.9 Å². The Morgan fingerprint density at radius 1 is 1.40 bits per heavy atom. The van der Waals surface area contributed by atoms with Crippen molar-refractivity contribution in [3.63, 3.8) is 0 Å². The molecule has 0 saturated heterocycles. The number of aryl methyl sites for hydroxylation is 1. The van der Waals surface area contributed by atoms with Crippen molar-refractivity contribution in [2.24, 2.45) is 0 Å². The number of para-hydroxylation sites is 1. The molecule has 3 aromatic rings. The van der Waals surface area contributed by atoms with Crippen LogP contribution in [0.5, 0.6) is 0 Å². The highest BCUT2D eigenvalue weighted by molar-refractivity contribution is 9.10. The Labute approximate surface area is 164 Å². The molecule has 0 aliphatic carbocycles. The Balaban J connectivity index is 1.63. The first-order valence-electron chi connectivity index (χ1n) is 7.73. The standard InChI is InChI=1S/C18H18BrN3OS2/c1-13-5-3-4-6-16(13)22-8-7-20-18(22)25-12-17(23)21(2)10-15-9-14(19)11-24-15/h3-9,11H,10,12H2,1-2H3. The van der Waals surface area contributed by atoms with E-state index in [-0.39, 0.29) is 5.91 Å². The number of halogens is 1. The molecule has 0 spiro atoms. The number of aromatic nitrogens is 2. The SMILES string of the molecule is Cc1ccccc1-n1ccnc1SCC(=O)N(C)Cc1cc(Br)cs1. The molecule has 4 nitrogen and oxygen atoms in total. The third-order valence-electron chi connectivity index (χ3n) is 3.75. The van der Waals surface area contributed by atoms with Crippen LogP contribution in [-0.4, -0.2) is 33.2 Å². The van der Waals surface area contributed by atoms with Crippen LogP contribution in [0.1, 0.15) is 10.4 Å². The van der Waals surface area contributed by atoms with Gasteiger partial charge in [-0.15, -0.1) is 11.3 Å². The zero-order chi connectivity index (χ0) is 17.8. The molecule has 1 amide bonds. The summed E-state index contributed by atoms with van der Waals surface area (Å²) in [6.07, 6.45) is 3.70. The Hall–Kier alpha value is -1.57. The van der Waals surface area contributed by atoms with Crippen molar-refractivity contribution in [1.29, 1.82) is 0 Å². The molecule has 0 bridgehead atoms. The number of imidazole rings is 1. The first-order chi connectivity index (χ1) is 12.0. The van der Waals surface area contributed by atoms with Crippen LogP contribution in [0.15, 0.2) is 57.7 Å². The lowest BCUT2D eigenvalue weighted by molar-refractivity contribution is -0.127. The highest BCUT2D eigenvalue weighted by Gasteiger charge is 2.14. The van der Waals surface area contributed by atoms with Crippen molar-refractivity contribution in [2.75, 3.05) is 12.8 Å². The summed E-state index contributed by atoms with van der Waals surface area (Å²) in [6, 6.07) is 10.2. The molecule has 0 radical (unpaired) electrons. The second kappa shape index (κ2) is 8.21. The maximum Gasteiger partial charge on any atom is 0.233 e. The van der Waals surface area contributed by atoms with E-state index in [2.05, 4.69) is 40.0 Å². The highest BCUT2D eigenvalue weighted by atomic mass is 79.9. The molecule has 0 atom stereocenters. The average Bonchev–Trinajstić information content (AvgIpc) is 3.22. The first kappa shape index (κ1) is 18.2. The molecule has 0 aliphatic rings. The Bertz CT molecular complexity index is 875. The van der Waals surface area contributed by atoms with Crippen LogP contribution in [-0.2, 0) is 11.3 Å². The van der Waals surface area contributed by atoms with Crippen molar-refractivity contribution in [3.8, 4) is 5.69 Å². The summed E-state index contributed by atoms with van der Waals surface area (Å²) < 4.78 is 3.09. The summed E-state index contributed by atoms with van der Waals surface area (Å²) in [5.74, 6) is 0.459. The number of rotatable bonds is 6. The van der Waals surface area contributed by atoms with Crippen LogP contribution in [0.25, 0.3) is 5.69 Å². The van der Waals surface area contributed by atoms with Crippen molar-refractivity contribution in [3.05, 3.63) is 63.0 Å². The van der Waals surface area contributed by atoms with Gasteiger partial charge in [0.05, 0.1) is 18.0 Å². The van der Waals surface area contributed by atoms with Gasteiger partial charge >= 0.3 is 0 Å². The van der Waals surface area contributed by atoms with Crippen LogP contribution in [0, 0.1) is 6.92 Å². The van der Waals surface area contributed by atoms with Gasteiger partial charge < -0.3 is 4.90 Å². The lowest BCUT2D eigenvalue weighted by atomic mass is 10.2. The second-order valence-electron chi connectivity index (χ2n) is 5.64. The number of nitrogens with zero attached hydrogens (tertiary/aromatic N) is 3. The summed E-state index contributed by atoms with van der Waals surface area (Å²) >= 11 is 6.56. The molecular weight excluding hydrogens is 418 g/mol. The minimum absolute atomic E-state index is 0.0915. The van der Waals surface area contributed by atoms with Gasteiger partial charge in [-0.3, -0.25) is 9.36 Å². The van der Waals surface area contributed by atoms with Gasteiger partial charge in [0, 0.05) is 34.2 Å². The van der Waals surface area contributed by atoms with Crippen molar-refractivity contribution in [2.45, 2.75) is 18.6 Å². The van der Waals surface area contributed by atoms with E-state index in [1.54, 1.807) is 22.4 Å². The van der Waals surface area contributed by atoms with Gasteiger partial charge in [0.1, 0.15) is 0 Å². The van der Waals surface area contributed by atoms with Gasteiger partial charge in [-0.25, -0.2) is 4.98 Å². The molecule has 1 aromatic carbocycles. The monoisotopic (exact) mass is 435 g/mol. The largest absolute Gasteiger partial charge is 0.340 e. The Morgan fingerprint density at radius 3 is 2.92 bits per heavy atom.